The number of rotatable bonds is 2. The predicted octanol–water partition coefficient (Wildman–Crippen LogP) is 0.795. The number of carbonyl (C=O) groups is 1. The van der Waals surface area contributed by atoms with Gasteiger partial charge >= 0.3 is 5.97 Å². The summed E-state index contributed by atoms with van der Waals surface area (Å²) in [6, 6.07) is 0. The Kier molecular flexibility index (Phi) is 2.54. The molecule has 0 radical (unpaired) electrons. The maximum atomic E-state index is 11.1. The Hall–Kier alpha value is -0.570. The topological polar surface area (TPSA) is 38.3 Å². The van der Waals surface area contributed by atoms with Gasteiger partial charge in [-0.15, -0.1) is 0 Å². The summed E-state index contributed by atoms with van der Waals surface area (Å²) in [6.07, 6.45) is 3.15. The number of ether oxygens (including phenoxy) is 1. The van der Waals surface area contributed by atoms with Gasteiger partial charge in [-0.05, 0) is 43.7 Å². The van der Waals surface area contributed by atoms with Crippen molar-refractivity contribution in [3.63, 3.8) is 0 Å². The molecular weight excluding hydrogens is 166 g/mol. The third kappa shape index (κ3) is 1.85. The summed E-state index contributed by atoms with van der Waals surface area (Å²) < 4.78 is 4.70. The smallest absolute Gasteiger partial charge is 0.305 e. The summed E-state index contributed by atoms with van der Waals surface area (Å²) in [5, 5.41) is 3.42. The molecule has 3 nitrogen and oxygen atoms in total. The van der Waals surface area contributed by atoms with Crippen molar-refractivity contribution in [2.75, 3.05) is 20.2 Å². The van der Waals surface area contributed by atoms with Gasteiger partial charge < -0.3 is 10.1 Å². The number of nitrogens with one attached hydrogen (secondary N) is 1. The summed E-state index contributed by atoms with van der Waals surface area (Å²) in [5.74, 6) is 2.07. The fraction of sp³-hybridized carbons (Fsp3) is 0.900. The summed E-state index contributed by atoms with van der Waals surface area (Å²) >= 11 is 0. The lowest BCUT2D eigenvalue weighted by molar-refractivity contribution is -0.142. The maximum Gasteiger partial charge on any atom is 0.305 e. The number of piperidine rings is 1. The van der Waals surface area contributed by atoms with Crippen molar-refractivity contribution < 1.29 is 9.53 Å². The molecule has 0 aromatic carbocycles. The maximum absolute atomic E-state index is 11.1. The van der Waals surface area contributed by atoms with Crippen molar-refractivity contribution in [3.05, 3.63) is 0 Å². The second kappa shape index (κ2) is 3.66. The van der Waals surface area contributed by atoms with Gasteiger partial charge in [-0.25, -0.2) is 0 Å². The lowest BCUT2D eigenvalue weighted by atomic mass is 9.93. The third-order valence-electron chi connectivity index (χ3n) is 3.43. The van der Waals surface area contributed by atoms with Gasteiger partial charge in [0.1, 0.15) is 0 Å². The highest BCUT2D eigenvalue weighted by Crippen LogP contribution is 2.40. The fourth-order valence-corrected chi connectivity index (χ4v) is 2.77. The molecule has 1 heterocycles. The number of fused-ring (bicyclic) bond motifs is 2. The minimum Gasteiger partial charge on any atom is -0.469 e. The van der Waals surface area contributed by atoms with Crippen LogP contribution in [0, 0.1) is 17.8 Å². The molecule has 0 aromatic heterocycles. The van der Waals surface area contributed by atoms with Gasteiger partial charge in [0.15, 0.2) is 0 Å². The first-order valence-corrected chi connectivity index (χ1v) is 5.07. The van der Waals surface area contributed by atoms with Crippen LogP contribution in [0.1, 0.15) is 19.3 Å². The van der Waals surface area contributed by atoms with E-state index in [0.717, 1.165) is 24.9 Å². The van der Waals surface area contributed by atoms with E-state index in [0.29, 0.717) is 12.3 Å². The van der Waals surface area contributed by atoms with Crippen LogP contribution in [0.4, 0.5) is 0 Å². The van der Waals surface area contributed by atoms with Crippen molar-refractivity contribution in [3.8, 4) is 0 Å². The van der Waals surface area contributed by atoms with Gasteiger partial charge in [-0.3, -0.25) is 4.79 Å². The summed E-state index contributed by atoms with van der Waals surface area (Å²) in [4.78, 5) is 11.1. The Bertz CT molecular complexity index is 205. The lowest BCUT2D eigenvalue weighted by Crippen LogP contribution is -2.32. The SMILES string of the molecule is COC(=O)C[C@@H]1C[C@H]2CNC[C@@H]1C2. The van der Waals surface area contributed by atoms with E-state index in [1.807, 2.05) is 0 Å². The van der Waals surface area contributed by atoms with Crippen molar-refractivity contribution in [2.24, 2.45) is 17.8 Å². The highest BCUT2D eigenvalue weighted by molar-refractivity contribution is 5.69. The Morgan fingerprint density at radius 2 is 2.31 bits per heavy atom. The predicted molar refractivity (Wildman–Crippen MR) is 49.2 cm³/mol. The highest BCUT2D eigenvalue weighted by atomic mass is 16.5. The summed E-state index contributed by atoms with van der Waals surface area (Å²) in [5.41, 5.74) is 0. The standard InChI is InChI=1S/C10H17NO2/c1-13-10(12)4-8-2-7-3-9(8)6-11-5-7/h7-9,11H,2-6H2,1H3/t7-,8+,9+/m1/s1. The second-order valence-electron chi connectivity index (χ2n) is 4.30. The zero-order valence-electron chi connectivity index (χ0n) is 8.08. The van der Waals surface area contributed by atoms with Gasteiger partial charge in [-0.2, -0.15) is 0 Å². The Balaban J connectivity index is 1.90. The Labute approximate surface area is 78.8 Å². The minimum atomic E-state index is -0.0439. The normalized spacial score (nSPS) is 37.5. The summed E-state index contributed by atoms with van der Waals surface area (Å²) in [6.45, 7) is 2.24. The van der Waals surface area contributed by atoms with Gasteiger partial charge in [0.2, 0.25) is 0 Å². The largest absolute Gasteiger partial charge is 0.469 e. The molecule has 0 amide bonds. The molecular formula is C10H17NO2. The molecule has 2 fully saturated rings. The highest BCUT2D eigenvalue weighted by Gasteiger charge is 2.37. The zero-order valence-corrected chi connectivity index (χ0v) is 8.08. The van der Waals surface area contributed by atoms with E-state index in [1.165, 1.54) is 20.0 Å². The van der Waals surface area contributed by atoms with Crippen LogP contribution < -0.4 is 5.32 Å². The molecule has 0 unspecified atom stereocenters. The first-order chi connectivity index (χ1) is 6.29. The van der Waals surface area contributed by atoms with Crippen LogP contribution in [-0.2, 0) is 9.53 Å². The third-order valence-corrected chi connectivity index (χ3v) is 3.43. The molecule has 74 valence electrons. The van der Waals surface area contributed by atoms with E-state index in [9.17, 15) is 4.79 Å². The molecule has 2 rings (SSSR count). The van der Waals surface area contributed by atoms with E-state index in [2.05, 4.69) is 5.32 Å². The van der Waals surface area contributed by atoms with E-state index < -0.39 is 0 Å². The van der Waals surface area contributed by atoms with E-state index in [1.54, 1.807) is 0 Å². The summed E-state index contributed by atoms with van der Waals surface area (Å²) in [7, 11) is 1.47. The van der Waals surface area contributed by atoms with Gasteiger partial charge in [0, 0.05) is 6.42 Å². The molecule has 2 aliphatic rings. The number of hydrogen-bond donors (Lipinski definition) is 1. The van der Waals surface area contributed by atoms with Crippen LogP contribution in [0.15, 0.2) is 0 Å². The van der Waals surface area contributed by atoms with Crippen LogP contribution in [0.3, 0.4) is 0 Å². The van der Waals surface area contributed by atoms with E-state index in [4.69, 9.17) is 4.74 Å². The van der Waals surface area contributed by atoms with E-state index >= 15 is 0 Å². The van der Waals surface area contributed by atoms with Crippen molar-refractivity contribution >= 4 is 5.97 Å². The van der Waals surface area contributed by atoms with Crippen LogP contribution in [0.5, 0.6) is 0 Å². The number of methoxy groups -OCH3 is 1. The van der Waals surface area contributed by atoms with Crippen LogP contribution >= 0.6 is 0 Å². The van der Waals surface area contributed by atoms with Gasteiger partial charge in [0.05, 0.1) is 7.11 Å². The molecule has 0 spiro atoms. The number of carbonyl (C=O) groups excluding carboxylic acids is 1. The monoisotopic (exact) mass is 183 g/mol. The van der Waals surface area contributed by atoms with Crippen LogP contribution in [0.2, 0.25) is 0 Å². The molecule has 1 N–H and O–H groups in total. The lowest BCUT2D eigenvalue weighted by Gasteiger charge is -2.21. The quantitative estimate of drug-likeness (QED) is 0.643. The Morgan fingerprint density at radius 1 is 1.46 bits per heavy atom. The van der Waals surface area contributed by atoms with Crippen LogP contribution in [0.25, 0.3) is 0 Å². The van der Waals surface area contributed by atoms with Crippen LogP contribution in [-0.4, -0.2) is 26.2 Å². The molecule has 3 heteroatoms. The van der Waals surface area contributed by atoms with Crippen molar-refractivity contribution in [1.29, 1.82) is 0 Å². The average Bonchev–Trinajstić information content (AvgIpc) is 2.42. The van der Waals surface area contributed by atoms with Gasteiger partial charge in [-0.1, -0.05) is 0 Å². The van der Waals surface area contributed by atoms with Crippen molar-refractivity contribution in [1.82, 2.24) is 5.32 Å². The number of hydrogen-bond acceptors (Lipinski definition) is 3. The zero-order chi connectivity index (χ0) is 9.26. The van der Waals surface area contributed by atoms with E-state index in [-0.39, 0.29) is 5.97 Å². The molecule has 13 heavy (non-hydrogen) atoms. The molecule has 3 atom stereocenters. The number of esters is 1. The molecule has 0 aromatic rings. The first kappa shape index (κ1) is 9.00. The Morgan fingerprint density at radius 3 is 3.00 bits per heavy atom. The molecule has 1 aliphatic heterocycles. The first-order valence-electron chi connectivity index (χ1n) is 5.07. The van der Waals surface area contributed by atoms with Crippen molar-refractivity contribution in [2.45, 2.75) is 19.3 Å². The second-order valence-corrected chi connectivity index (χ2v) is 4.30. The molecule has 2 bridgehead atoms. The molecule has 1 aliphatic carbocycles. The fourth-order valence-electron chi connectivity index (χ4n) is 2.77. The molecule has 1 saturated carbocycles. The minimum absolute atomic E-state index is 0.0439. The van der Waals surface area contributed by atoms with Gasteiger partial charge in [0.25, 0.3) is 0 Å². The molecule has 1 saturated heterocycles. The average molecular weight is 183 g/mol.